The summed E-state index contributed by atoms with van der Waals surface area (Å²) >= 11 is 6.53. The topological polar surface area (TPSA) is 66.9 Å². The number of fused-ring (bicyclic) bond motifs is 1. The maximum Gasteiger partial charge on any atom is 0.307 e. The van der Waals surface area contributed by atoms with Crippen LogP contribution in [0.5, 0.6) is 0 Å². The van der Waals surface area contributed by atoms with Gasteiger partial charge in [0.05, 0.1) is 29.2 Å². The van der Waals surface area contributed by atoms with Gasteiger partial charge in [0, 0.05) is 18.7 Å². The first kappa shape index (κ1) is 23.5. The van der Waals surface area contributed by atoms with Crippen molar-refractivity contribution in [1.29, 1.82) is 0 Å². The molecule has 1 aromatic rings. The Kier molecular flexibility index (Phi) is 8.26. The van der Waals surface area contributed by atoms with Crippen LogP contribution in [0.15, 0.2) is 29.2 Å². The van der Waals surface area contributed by atoms with Crippen LogP contribution in [0.25, 0.3) is 5.57 Å². The molecule has 1 saturated heterocycles. The Morgan fingerprint density at radius 1 is 1.00 bits per heavy atom. The Morgan fingerprint density at radius 3 is 2.52 bits per heavy atom. The van der Waals surface area contributed by atoms with Crippen molar-refractivity contribution in [1.82, 2.24) is 4.90 Å². The average Bonchev–Trinajstić information content (AvgIpc) is 3.20. The Morgan fingerprint density at radius 2 is 1.77 bits per heavy atom. The van der Waals surface area contributed by atoms with E-state index in [1.54, 1.807) is 4.90 Å². The van der Waals surface area contributed by atoms with Gasteiger partial charge in [-0.15, -0.1) is 0 Å². The molecule has 1 aromatic carbocycles. The Bertz CT molecular complexity index is 913. The van der Waals surface area contributed by atoms with Gasteiger partial charge in [-0.2, -0.15) is 0 Å². The van der Waals surface area contributed by atoms with Gasteiger partial charge in [0.15, 0.2) is 0 Å². The molecule has 8 heteroatoms. The second kappa shape index (κ2) is 10.9. The third-order valence-corrected chi connectivity index (χ3v) is 6.69. The fourth-order valence-electron chi connectivity index (χ4n) is 3.65. The van der Waals surface area contributed by atoms with Crippen LogP contribution < -0.4 is 4.90 Å². The summed E-state index contributed by atoms with van der Waals surface area (Å²) in [6, 6.07) is 7.58. The fraction of sp³-hybridized carbons (Fsp3) is 0.478. The van der Waals surface area contributed by atoms with E-state index < -0.39 is 0 Å². The van der Waals surface area contributed by atoms with Crippen molar-refractivity contribution in [3.05, 3.63) is 34.7 Å². The molecule has 0 atom stereocenters. The lowest BCUT2D eigenvalue weighted by Gasteiger charge is -2.17. The van der Waals surface area contributed by atoms with Crippen molar-refractivity contribution in [2.24, 2.45) is 0 Å². The number of thioether (sulfide) groups is 1. The van der Waals surface area contributed by atoms with E-state index in [0.29, 0.717) is 28.0 Å². The number of benzene rings is 1. The van der Waals surface area contributed by atoms with Gasteiger partial charge in [-0.3, -0.25) is 19.3 Å². The number of rotatable bonds is 10. The largest absolute Gasteiger partial charge is 0.466 e. The molecule has 2 amide bonds. The molecular weight excluding hydrogens is 432 g/mol. The number of para-hydroxylation sites is 1. The predicted molar refractivity (Wildman–Crippen MR) is 128 cm³/mol. The number of anilines is 1. The van der Waals surface area contributed by atoms with Crippen molar-refractivity contribution >= 4 is 57.3 Å². The highest BCUT2D eigenvalue weighted by atomic mass is 32.2. The third kappa shape index (κ3) is 5.18. The lowest BCUT2D eigenvalue weighted by atomic mass is 10.1. The fourth-order valence-corrected chi connectivity index (χ4v) is 5.03. The molecule has 166 valence electrons. The van der Waals surface area contributed by atoms with Crippen molar-refractivity contribution in [2.45, 2.75) is 52.4 Å². The standard InChI is InChI=1S/C23H28N2O4S2/c1-3-5-6-9-13-24-17-11-8-7-10-16(17)19(21(24)27)20-22(28)25(23(30)31-20)14-12-18(26)29-15-4-2/h7-8,10-11H,3-6,9,12-15H2,1-2H3/b20-19-. The van der Waals surface area contributed by atoms with E-state index in [2.05, 4.69) is 6.92 Å². The predicted octanol–water partition coefficient (Wildman–Crippen LogP) is 4.53. The first-order chi connectivity index (χ1) is 15.0. The Hall–Kier alpha value is -2.19. The zero-order chi connectivity index (χ0) is 22.4. The van der Waals surface area contributed by atoms with Gasteiger partial charge in [-0.05, 0) is 18.9 Å². The number of hydrogen-bond acceptors (Lipinski definition) is 6. The van der Waals surface area contributed by atoms with Crippen LogP contribution in [-0.2, 0) is 19.1 Å². The van der Waals surface area contributed by atoms with E-state index in [4.69, 9.17) is 17.0 Å². The molecule has 0 bridgehead atoms. The second-order valence-corrected chi connectivity index (χ2v) is 9.18. The summed E-state index contributed by atoms with van der Waals surface area (Å²) in [7, 11) is 0. The van der Waals surface area contributed by atoms with Gasteiger partial charge in [-0.25, -0.2) is 0 Å². The maximum absolute atomic E-state index is 13.3. The molecule has 0 aromatic heterocycles. The lowest BCUT2D eigenvalue weighted by Crippen LogP contribution is -2.31. The SMILES string of the molecule is CCCCCCN1C(=O)/C(=C2\SC(=S)N(CCC(=O)OCCC)C2=O)c2ccccc21. The summed E-state index contributed by atoms with van der Waals surface area (Å²) in [5.74, 6) is -0.825. The van der Waals surface area contributed by atoms with Gasteiger partial charge in [-0.1, -0.05) is 75.3 Å². The Balaban J connectivity index is 1.80. The van der Waals surface area contributed by atoms with Crippen molar-refractivity contribution in [2.75, 3.05) is 24.6 Å². The molecule has 0 spiro atoms. The molecule has 0 unspecified atom stereocenters. The molecule has 1 fully saturated rings. The van der Waals surface area contributed by atoms with Crippen LogP contribution >= 0.6 is 24.0 Å². The zero-order valence-electron chi connectivity index (χ0n) is 18.0. The van der Waals surface area contributed by atoms with Gasteiger partial charge < -0.3 is 9.64 Å². The molecule has 2 aliphatic rings. The minimum atomic E-state index is -0.357. The van der Waals surface area contributed by atoms with Crippen LogP contribution in [-0.4, -0.2) is 46.7 Å². The second-order valence-electron chi connectivity index (χ2n) is 7.53. The molecule has 0 N–H and O–H groups in total. The number of nitrogens with zero attached hydrogens (tertiary/aromatic N) is 2. The van der Waals surface area contributed by atoms with Crippen LogP contribution in [0.3, 0.4) is 0 Å². The average molecular weight is 461 g/mol. The minimum absolute atomic E-state index is 0.0726. The zero-order valence-corrected chi connectivity index (χ0v) is 19.7. The summed E-state index contributed by atoms with van der Waals surface area (Å²) < 4.78 is 5.44. The lowest BCUT2D eigenvalue weighted by molar-refractivity contribution is -0.144. The van der Waals surface area contributed by atoms with E-state index in [9.17, 15) is 14.4 Å². The monoisotopic (exact) mass is 460 g/mol. The summed E-state index contributed by atoms with van der Waals surface area (Å²) in [5.41, 5.74) is 2.03. The number of hydrogen-bond donors (Lipinski definition) is 0. The molecule has 31 heavy (non-hydrogen) atoms. The van der Waals surface area contributed by atoms with Crippen molar-refractivity contribution < 1.29 is 19.1 Å². The number of carbonyl (C=O) groups is 3. The first-order valence-electron chi connectivity index (χ1n) is 10.8. The summed E-state index contributed by atoms with van der Waals surface area (Å²) in [5, 5.41) is 0. The van der Waals surface area contributed by atoms with E-state index in [1.807, 2.05) is 31.2 Å². The number of carbonyl (C=O) groups excluding carboxylic acids is 3. The Labute approximate surface area is 193 Å². The molecule has 2 heterocycles. The quantitative estimate of drug-likeness (QED) is 0.221. The first-order valence-corrected chi connectivity index (χ1v) is 12.1. The maximum atomic E-state index is 13.3. The number of thiocarbonyl (C=S) groups is 1. The van der Waals surface area contributed by atoms with Crippen LogP contribution in [0.2, 0.25) is 0 Å². The number of amides is 2. The van der Waals surface area contributed by atoms with Gasteiger partial charge in [0.1, 0.15) is 4.32 Å². The van der Waals surface area contributed by atoms with E-state index in [-0.39, 0.29) is 30.7 Å². The molecule has 0 radical (unpaired) electrons. The normalized spacial score (nSPS) is 18.2. The molecule has 3 rings (SSSR count). The van der Waals surface area contributed by atoms with Crippen molar-refractivity contribution in [3.8, 4) is 0 Å². The number of unbranched alkanes of at least 4 members (excludes halogenated alkanes) is 3. The summed E-state index contributed by atoms with van der Waals surface area (Å²) in [6.07, 6.45) is 5.06. The van der Waals surface area contributed by atoms with E-state index in [0.717, 1.165) is 55.1 Å². The van der Waals surface area contributed by atoms with Crippen LogP contribution in [0.1, 0.15) is 57.9 Å². The van der Waals surface area contributed by atoms with E-state index in [1.165, 1.54) is 4.90 Å². The van der Waals surface area contributed by atoms with Crippen molar-refractivity contribution in [3.63, 3.8) is 0 Å². The highest BCUT2D eigenvalue weighted by molar-refractivity contribution is 8.26. The van der Waals surface area contributed by atoms with Gasteiger partial charge in [0.2, 0.25) is 0 Å². The molecule has 0 saturated carbocycles. The van der Waals surface area contributed by atoms with Gasteiger partial charge in [0.25, 0.3) is 11.8 Å². The molecule has 0 aliphatic carbocycles. The van der Waals surface area contributed by atoms with Crippen LogP contribution in [0.4, 0.5) is 5.69 Å². The molecule has 6 nitrogen and oxygen atoms in total. The molecule has 2 aliphatic heterocycles. The summed E-state index contributed by atoms with van der Waals surface area (Å²) in [6.45, 7) is 5.22. The number of esters is 1. The highest BCUT2D eigenvalue weighted by Crippen LogP contribution is 2.44. The summed E-state index contributed by atoms with van der Waals surface area (Å²) in [4.78, 5) is 41.8. The van der Waals surface area contributed by atoms with Gasteiger partial charge >= 0.3 is 5.97 Å². The minimum Gasteiger partial charge on any atom is -0.466 e. The number of ether oxygens (including phenoxy) is 1. The van der Waals surface area contributed by atoms with Crippen LogP contribution in [0, 0.1) is 0 Å². The third-order valence-electron chi connectivity index (χ3n) is 5.24. The van der Waals surface area contributed by atoms with E-state index >= 15 is 0 Å². The smallest absolute Gasteiger partial charge is 0.307 e. The molecular formula is C23H28N2O4S2. The highest BCUT2D eigenvalue weighted by Gasteiger charge is 2.41.